The average Bonchev–Trinajstić information content (AvgIpc) is 2.84. The van der Waals surface area contributed by atoms with Gasteiger partial charge in [0.25, 0.3) is 0 Å². The Hall–Kier alpha value is -1.40. The number of thiazole rings is 1. The van der Waals surface area contributed by atoms with Crippen LogP contribution >= 0.6 is 11.3 Å². The number of nitrogens with one attached hydrogen (secondary N) is 1. The predicted molar refractivity (Wildman–Crippen MR) is 71.9 cm³/mol. The molecule has 2 aromatic rings. The first-order valence-corrected chi connectivity index (χ1v) is 6.62. The molecule has 0 aliphatic carbocycles. The van der Waals surface area contributed by atoms with Crippen molar-refractivity contribution in [1.29, 1.82) is 0 Å². The molecule has 2 heterocycles. The van der Waals surface area contributed by atoms with Gasteiger partial charge in [0.1, 0.15) is 5.01 Å². The molecule has 0 amide bonds. The van der Waals surface area contributed by atoms with Gasteiger partial charge in [0.2, 0.25) is 5.88 Å². The molecule has 5 nitrogen and oxygen atoms in total. The molecule has 0 unspecified atom stereocenters. The lowest BCUT2D eigenvalue weighted by molar-refractivity contribution is 0.368. The smallest absolute Gasteiger partial charge is 0.216 e. The summed E-state index contributed by atoms with van der Waals surface area (Å²) in [5, 5.41) is 8.83. The summed E-state index contributed by atoms with van der Waals surface area (Å²) in [6, 6.07) is 0. The van der Waals surface area contributed by atoms with Gasteiger partial charge < -0.3 is 10.1 Å². The van der Waals surface area contributed by atoms with Crippen molar-refractivity contribution in [3.63, 3.8) is 0 Å². The molecule has 0 saturated carbocycles. The number of rotatable bonds is 5. The molecule has 0 bridgehead atoms. The molecule has 2 aromatic heterocycles. The second-order valence-corrected chi connectivity index (χ2v) is 5.48. The second-order valence-electron chi connectivity index (χ2n) is 4.17. The van der Waals surface area contributed by atoms with E-state index in [1.54, 1.807) is 23.1 Å². The van der Waals surface area contributed by atoms with Gasteiger partial charge in [-0.05, 0) is 13.8 Å². The molecule has 0 atom stereocenters. The maximum absolute atomic E-state index is 5.35. The monoisotopic (exact) mass is 266 g/mol. The topological polar surface area (TPSA) is 52.0 Å². The van der Waals surface area contributed by atoms with E-state index in [4.69, 9.17) is 4.74 Å². The molecule has 6 heteroatoms. The van der Waals surface area contributed by atoms with Gasteiger partial charge in [0.05, 0.1) is 18.4 Å². The summed E-state index contributed by atoms with van der Waals surface area (Å²) in [7, 11) is 3.56. The first-order valence-electron chi connectivity index (χ1n) is 5.80. The van der Waals surface area contributed by atoms with Crippen LogP contribution in [0, 0.1) is 13.8 Å². The van der Waals surface area contributed by atoms with Crippen molar-refractivity contribution in [3.8, 4) is 5.88 Å². The summed E-state index contributed by atoms with van der Waals surface area (Å²) < 4.78 is 7.12. The molecule has 0 fully saturated rings. The predicted octanol–water partition coefficient (Wildman–Crippen LogP) is 1.79. The standard InChI is InChI=1S/C12H18N4OS/c1-8-5-14-11(18-8)7-13-6-10-9(2)15-16(3)12(10)17-4/h5,13H,6-7H2,1-4H3. The second kappa shape index (κ2) is 5.49. The Balaban J connectivity index is 1.98. The summed E-state index contributed by atoms with van der Waals surface area (Å²) in [5.74, 6) is 0.815. The van der Waals surface area contributed by atoms with Gasteiger partial charge in [-0.1, -0.05) is 0 Å². The lowest BCUT2D eigenvalue weighted by atomic mass is 10.2. The lowest BCUT2D eigenvalue weighted by Crippen LogP contribution is -2.13. The highest BCUT2D eigenvalue weighted by Crippen LogP contribution is 2.20. The molecule has 0 aromatic carbocycles. The zero-order chi connectivity index (χ0) is 13.1. The number of nitrogens with zero attached hydrogens (tertiary/aromatic N) is 3. The van der Waals surface area contributed by atoms with E-state index < -0.39 is 0 Å². The highest BCUT2D eigenvalue weighted by molar-refractivity contribution is 7.11. The van der Waals surface area contributed by atoms with Crippen molar-refractivity contribution in [2.45, 2.75) is 26.9 Å². The first kappa shape index (κ1) is 13.0. The molecule has 2 rings (SSSR count). The Labute approximate surface area is 111 Å². The Morgan fingerprint density at radius 3 is 2.78 bits per heavy atom. The van der Waals surface area contributed by atoms with Crippen LogP contribution in [0.5, 0.6) is 5.88 Å². The highest BCUT2D eigenvalue weighted by atomic mass is 32.1. The number of hydrogen-bond acceptors (Lipinski definition) is 5. The van der Waals surface area contributed by atoms with E-state index in [9.17, 15) is 0 Å². The van der Waals surface area contributed by atoms with Gasteiger partial charge in [-0.15, -0.1) is 11.3 Å². The minimum absolute atomic E-state index is 0.738. The van der Waals surface area contributed by atoms with Crippen molar-refractivity contribution in [2.24, 2.45) is 7.05 Å². The van der Waals surface area contributed by atoms with Crippen molar-refractivity contribution >= 4 is 11.3 Å². The lowest BCUT2D eigenvalue weighted by Gasteiger charge is -2.05. The van der Waals surface area contributed by atoms with Crippen LogP contribution in [0.25, 0.3) is 0 Å². The Kier molecular flexibility index (Phi) is 3.98. The van der Waals surface area contributed by atoms with E-state index in [-0.39, 0.29) is 0 Å². The van der Waals surface area contributed by atoms with Crippen molar-refractivity contribution < 1.29 is 4.74 Å². The minimum Gasteiger partial charge on any atom is -0.481 e. The van der Waals surface area contributed by atoms with Crippen LogP contribution in [0.2, 0.25) is 0 Å². The molecule has 0 aliphatic rings. The number of aromatic nitrogens is 3. The fraction of sp³-hybridized carbons (Fsp3) is 0.500. The summed E-state index contributed by atoms with van der Waals surface area (Å²) in [6.07, 6.45) is 1.90. The van der Waals surface area contributed by atoms with E-state index in [2.05, 4.69) is 22.3 Å². The molecule has 0 spiro atoms. The minimum atomic E-state index is 0.738. The molecule has 18 heavy (non-hydrogen) atoms. The van der Waals surface area contributed by atoms with Gasteiger partial charge in [0.15, 0.2) is 0 Å². The largest absolute Gasteiger partial charge is 0.481 e. The van der Waals surface area contributed by atoms with Gasteiger partial charge in [0, 0.05) is 31.2 Å². The van der Waals surface area contributed by atoms with Crippen LogP contribution in [0.4, 0.5) is 0 Å². The molecule has 0 saturated heterocycles. The summed E-state index contributed by atoms with van der Waals surface area (Å²) in [5.41, 5.74) is 2.10. The van der Waals surface area contributed by atoms with Crippen LogP contribution in [0.3, 0.4) is 0 Å². The van der Waals surface area contributed by atoms with Gasteiger partial charge in [-0.3, -0.25) is 0 Å². The van der Waals surface area contributed by atoms with Gasteiger partial charge in [-0.25, -0.2) is 9.67 Å². The summed E-state index contributed by atoms with van der Waals surface area (Å²) in [4.78, 5) is 5.56. The van der Waals surface area contributed by atoms with Crippen LogP contribution in [0.1, 0.15) is 21.1 Å². The van der Waals surface area contributed by atoms with E-state index in [0.29, 0.717) is 0 Å². The summed E-state index contributed by atoms with van der Waals surface area (Å²) in [6.45, 7) is 5.57. The maximum atomic E-state index is 5.35. The van der Waals surface area contributed by atoms with Crippen molar-refractivity contribution in [3.05, 3.63) is 27.3 Å². The molecular weight excluding hydrogens is 248 g/mol. The van der Waals surface area contributed by atoms with E-state index in [1.165, 1.54) is 4.88 Å². The number of methoxy groups -OCH3 is 1. The van der Waals surface area contributed by atoms with E-state index in [1.807, 2.05) is 20.2 Å². The maximum Gasteiger partial charge on any atom is 0.216 e. The molecule has 1 N–H and O–H groups in total. The highest BCUT2D eigenvalue weighted by Gasteiger charge is 2.13. The molecular formula is C12H18N4OS. The SMILES string of the molecule is COc1c(CNCc2ncc(C)s2)c(C)nn1C. The first-order chi connectivity index (χ1) is 8.61. The zero-order valence-electron chi connectivity index (χ0n) is 11.1. The molecule has 98 valence electrons. The Bertz CT molecular complexity index is 532. The Morgan fingerprint density at radius 1 is 1.39 bits per heavy atom. The Morgan fingerprint density at radius 2 is 2.17 bits per heavy atom. The molecule has 0 radical (unpaired) electrons. The fourth-order valence-electron chi connectivity index (χ4n) is 1.92. The van der Waals surface area contributed by atoms with Crippen LogP contribution < -0.4 is 10.1 Å². The third-order valence-corrected chi connectivity index (χ3v) is 3.64. The van der Waals surface area contributed by atoms with E-state index in [0.717, 1.165) is 35.2 Å². The zero-order valence-corrected chi connectivity index (χ0v) is 12.0. The third-order valence-electron chi connectivity index (χ3n) is 2.73. The van der Waals surface area contributed by atoms with Gasteiger partial charge in [-0.2, -0.15) is 5.10 Å². The number of ether oxygens (including phenoxy) is 1. The number of aryl methyl sites for hydroxylation is 3. The average molecular weight is 266 g/mol. The van der Waals surface area contributed by atoms with E-state index >= 15 is 0 Å². The summed E-state index contributed by atoms with van der Waals surface area (Å²) >= 11 is 1.72. The van der Waals surface area contributed by atoms with Crippen LogP contribution in [0.15, 0.2) is 6.20 Å². The number of hydrogen-bond donors (Lipinski definition) is 1. The normalized spacial score (nSPS) is 10.9. The van der Waals surface area contributed by atoms with Crippen LogP contribution in [-0.4, -0.2) is 21.9 Å². The molecule has 0 aliphatic heterocycles. The van der Waals surface area contributed by atoms with Gasteiger partial charge >= 0.3 is 0 Å². The third kappa shape index (κ3) is 2.70. The van der Waals surface area contributed by atoms with Crippen LogP contribution in [-0.2, 0) is 20.1 Å². The van der Waals surface area contributed by atoms with Crippen molar-refractivity contribution in [2.75, 3.05) is 7.11 Å². The quantitative estimate of drug-likeness (QED) is 0.896. The fourth-order valence-corrected chi connectivity index (χ4v) is 2.67. The van der Waals surface area contributed by atoms with Crippen molar-refractivity contribution in [1.82, 2.24) is 20.1 Å².